The standard InChI is InChI=1S/C16H19N5O/c17-14-5-4-12-7-21(8-13(12)14)16(22)11-3-1-2-10(6-11)15-18-9-19-20-15/h1-3,6,9,12-14H,4-5,7-8,17H2,(H,18,19,20). The Morgan fingerprint density at radius 1 is 1.32 bits per heavy atom. The summed E-state index contributed by atoms with van der Waals surface area (Å²) < 4.78 is 0. The maximum Gasteiger partial charge on any atom is 0.253 e. The number of nitrogens with one attached hydrogen (secondary N) is 1. The van der Waals surface area contributed by atoms with Crippen LogP contribution in [0.3, 0.4) is 0 Å². The number of H-pyrrole nitrogens is 1. The average molecular weight is 297 g/mol. The predicted molar refractivity (Wildman–Crippen MR) is 81.9 cm³/mol. The van der Waals surface area contributed by atoms with E-state index in [2.05, 4.69) is 15.2 Å². The van der Waals surface area contributed by atoms with E-state index >= 15 is 0 Å². The first-order valence-electron chi connectivity index (χ1n) is 7.73. The van der Waals surface area contributed by atoms with E-state index in [4.69, 9.17) is 5.73 Å². The largest absolute Gasteiger partial charge is 0.338 e. The molecule has 2 heterocycles. The van der Waals surface area contributed by atoms with E-state index in [0.29, 0.717) is 23.2 Å². The fraction of sp³-hybridized carbons (Fsp3) is 0.438. The Balaban J connectivity index is 1.55. The van der Waals surface area contributed by atoms with Crippen LogP contribution in [0.4, 0.5) is 0 Å². The van der Waals surface area contributed by atoms with E-state index in [1.165, 1.54) is 6.33 Å². The highest BCUT2D eigenvalue weighted by Crippen LogP contribution is 2.37. The third-order valence-corrected chi connectivity index (χ3v) is 5.00. The number of nitrogens with zero attached hydrogens (tertiary/aromatic N) is 3. The number of aromatic amines is 1. The summed E-state index contributed by atoms with van der Waals surface area (Å²) in [6.45, 7) is 1.63. The van der Waals surface area contributed by atoms with Crippen LogP contribution in [-0.4, -0.2) is 45.1 Å². The minimum atomic E-state index is 0.0861. The molecule has 3 unspecified atom stereocenters. The minimum Gasteiger partial charge on any atom is -0.338 e. The Bertz CT molecular complexity index is 684. The van der Waals surface area contributed by atoms with Gasteiger partial charge in [0.05, 0.1) is 0 Å². The number of rotatable bonds is 2. The monoisotopic (exact) mass is 297 g/mol. The number of aromatic nitrogens is 3. The quantitative estimate of drug-likeness (QED) is 0.874. The van der Waals surface area contributed by atoms with Crippen molar-refractivity contribution in [1.82, 2.24) is 20.1 Å². The second kappa shape index (κ2) is 5.21. The van der Waals surface area contributed by atoms with E-state index in [1.807, 2.05) is 29.2 Å². The van der Waals surface area contributed by atoms with Gasteiger partial charge in [0.25, 0.3) is 5.91 Å². The number of benzene rings is 1. The molecule has 1 aliphatic heterocycles. The van der Waals surface area contributed by atoms with Gasteiger partial charge >= 0.3 is 0 Å². The topological polar surface area (TPSA) is 87.9 Å². The van der Waals surface area contributed by atoms with Gasteiger partial charge in [-0.25, -0.2) is 4.98 Å². The minimum absolute atomic E-state index is 0.0861. The number of amides is 1. The van der Waals surface area contributed by atoms with E-state index < -0.39 is 0 Å². The molecule has 1 aliphatic carbocycles. The van der Waals surface area contributed by atoms with Crippen molar-refractivity contribution in [3.05, 3.63) is 36.2 Å². The summed E-state index contributed by atoms with van der Waals surface area (Å²) in [6.07, 6.45) is 3.71. The smallest absolute Gasteiger partial charge is 0.253 e. The Kier molecular flexibility index (Phi) is 3.18. The average Bonchev–Trinajstić information content (AvgIpc) is 3.25. The van der Waals surface area contributed by atoms with Crippen LogP contribution in [0.2, 0.25) is 0 Å². The van der Waals surface area contributed by atoms with Crippen molar-refractivity contribution >= 4 is 5.91 Å². The summed E-state index contributed by atoms with van der Waals surface area (Å²) >= 11 is 0. The number of nitrogens with two attached hydrogens (primary N) is 1. The van der Waals surface area contributed by atoms with Crippen molar-refractivity contribution in [2.24, 2.45) is 17.6 Å². The lowest BCUT2D eigenvalue weighted by Crippen LogP contribution is -2.33. The van der Waals surface area contributed by atoms with Gasteiger partial charge in [0.1, 0.15) is 6.33 Å². The van der Waals surface area contributed by atoms with Gasteiger partial charge in [-0.3, -0.25) is 9.89 Å². The first-order chi connectivity index (χ1) is 10.7. The van der Waals surface area contributed by atoms with Gasteiger partial charge in [-0.15, -0.1) is 0 Å². The molecule has 1 saturated carbocycles. The van der Waals surface area contributed by atoms with Gasteiger partial charge in [-0.2, -0.15) is 5.10 Å². The van der Waals surface area contributed by atoms with Gasteiger partial charge in [-0.1, -0.05) is 12.1 Å². The second-order valence-electron chi connectivity index (χ2n) is 6.29. The highest BCUT2D eigenvalue weighted by atomic mass is 16.2. The number of carbonyl (C=O) groups excluding carboxylic acids is 1. The van der Waals surface area contributed by atoms with E-state index in [1.54, 1.807) is 0 Å². The summed E-state index contributed by atoms with van der Waals surface area (Å²) in [7, 11) is 0. The summed E-state index contributed by atoms with van der Waals surface area (Å²) in [4.78, 5) is 18.8. The second-order valence-corrected chi connectivity index (χ2v) is 6.29. The number of hydrogen-bond acceptors (Lipinski definition) is 4. The number of fused-ring (bicyclic) bond motifs is 1. The Hall–Kier alpha value is -2.21. The third-order valence-electron chi connectivity index (χ3n) is 5.00. The molecule has 114 valence electrons. The van der Waals surface area contributed by atoms with E-state index in [0.717, 1.165) is 31.5 Å². The van der Waals surface area contributed by atoms with Crippen molar-refractivity contribution in [1.29, 1.82) is 0 Å². The van der Waals surface area contributed by atoms with Crippen LogP contribution in [-0.2, 0) is 0 Å². The van der Waals surface area contributed by atoms with Crippen molar-refractivity contribution in [2.75, 3.05) is 13.1 Å². The Labute approximate surface area is 128 Å². The van der Waals surface area contributed by atoms with Crippen LogP contribution in [0.15, 0.2) is 30.6 Å². The lowest BCUT2D eigenvalue weighted by molar-refractivity contribution is 0.0779. The molecular formula is C16H19N5O. The molecule has 3 N–H and O–H groups in total. The molecule has 2 aliphatic rings. The van der Waals surface area contributed by atoms with Crippen LogP contribution < -0.4 is 5.73 Å². The molecule has 0 bridgehead atoms. The Morgan fingerprint density at radius 3 is 3.00 bits per heavy atom. The maximum absolute atomic E-state index is 12.7. The fourth-order valence-corrected chi connectivity index (χ4v) is 3.80. The molecule has 6 nitrogen and oxygen atoms in total. The van der Waals surface area contributed by atoms with Crippen LogP contribution in [0, 0.1) is 11.8 Å². The normalized spacial score (nSPS) is 27.1. The molecule has 1 aromatic carbocycles. The fourth-order valence-electron chi connectivity index (χ4n) is 3.80. The summed E-state index contributed by atoms with van der Waals surface area (Å²) in [5, 5.41) is 6.68. The SMILES string of the molecule is NC1CCC2CN(C(=O)c3cccc(-c4ncn[nH]4)c3)CC12. The lowest BCUT2D eigenvalue weighted by Gasteiger charge is -2.19. The van der Waals surface area contributed by atoms with Crippen LogP contribution in [0.5, 0.6) is 0 Å². The number of likely N-dealkylation sites (tertiary alicyclic amines) is 1. The van der Waals surface area contributed by atoms with Crippen molar-refractivity contribution in [3.63, 3.8) is 0 Å². The summed E-state index contributed by atoms with van der Waals surface area (Å²) in [6, 6.07) is 7.79. The molecule has 22 heavy (non-hydrogen) atoms. The third kappa shape index (κ3) is 2.20. The predicted octanol–water partition coefficient (Wildman–Crippen LogP) is 1.28. The zero-order chi connectivity index (χ0) is 15.1. The van der Waals surface area contributed by atoms with Gasteiger partial charge < -0.3 is 10.6 Å². The highest BCUT2D eigenvalue weighted by molar-refractivity contribution is 5.95. The van der Waals surface area contributed by atoms with Gasteiger partial charge in [0, 0.05) is 30.3 Å². The molecule has 1 aromatic heterocycles. The van der Waals surface area contributed by atoms with Gasteiger partial charge in [0.15, 0.2) is 5.82 Å². The van der Waals surface area contributed by atoms with E-state index in [-0.39, 0.29) is 11.9 Å². The van der Waals surface area contributed by atoms with Gasteiger partial charge in [0.2, 0.25) is 0 Å². The van der Waals surface area contributed by atoms with E-state index in [9.17, 15) is 4.79 Å². The molecule has 1 saturated heterocycles. The first kappa shape index (κ1) is 13.5. The highest BCUT2D eigenvalue weighted by Gasteiger charge is 2.42. The van der Waals surface area contributed by atoms with Gasteiger partial charge in [-0.05, 0) is 36.8 Å². The van der Waals surface area contributed by atoms with Crippen molar-refractivity contribution < 1.29 is 4.79 Å². The first-order valence-corrected chi connectivity index (χ1v) is 7.73. The molecule has 0 radical (unpaired) electrons. The number of hydrogen-bond donors (Lipinski definition) is 2. The molecule has 0 spiro atoms. The zero-order valence-corrected chi connectivity index (χ0v) is 12.3. The van der Waals surface area contributed by atoms with Crippen LogP contribution in [0.1, 0.15) is 23.2 Å². The maximum atomic E-state index is 12.7. The molecule has 3 atom stereocenters. The van der Waals surface area contributed by atoms with Crippen molar-refractivity contribution in [3.8, 4) is 11.4 Å². The van der Waals surface area contributed by atoms with Crippen LogP contribution >= 0.6 is 0 Å². The molecule has 2 fully saturated rings. The van der Waals surface area contributed by atoms with Crippen molar-refractivity contribution in [2.45, 2.75) is 18.9 Å². The summed E-state index contributed by atoms with van der Waals surface area (Å²) in [5.41, 5.74) is 7.72. The summed E-state index contributed by atoms with van der Waals surface area (Å²) in [5.74, 6) is 1.82. The number of carbonyl (C=O) groups is 1. The van der Waals surface area contributed by atoms with Crippen LogP contribution in [0.25, 0.3) is 11.4 Å². The molecule has 1 amide bonds. The molecule has 4 rings (SSSR count). The Morgan fingerprint density at radius 2 is 2.23 bits per heavy atom. The zero-order valence-electron chi connectivity index (χ0n) is 12.3. The molecule has 2 aromatic rings. The molecular weight excluding hydrogens is 278 g/mol. The molecule has 6 heteroatoms. The lowest BCUT2D eigenvalue weighted by atomic mass is 9.98.